The third kappa shape index (κ3) is 5.53. The number of nitrogens with zero attached hydrogens (tertiary/aromatic N) is 7. The molecule has 19 heteroatoms. The number of piperazine rings is 1. The second kappa shape index (κ2) is 11.7. The molecular weight excluding hydrogens is 545 g/mol. The van der Waals surface area contributed by atoms with Crippen molar-refractivity contribution in [2.75, 3.05) is 51.6 Å². The number of oxime groups is 1. The first-order chi connectivity index (χ1) is 18.2. The molecule has 0 spiro atoms. The van der Waals surface area contributed by atoms with E-state index in [2.05, 4.69) is 35.1 Å². The minimum atomic E-state index is -1.34. The Balaban J connectivity index is 1.47. The van der Waals surface area contributed by atoms with Gasteiger partial charge in [-0.3, -0.25) is 19.9 Å². The summed E-state index contributed by atoms with van der Waals surface area (Å²) in [4.78, 5) is 48.9. The Morgan fingerprint density at radius 2 is 2.18 bits per heavy atom. The quantitative estimate of drug-likeness (QED) is 0.102. The molecule has 3 aliphatic rings. The van der Waals surface area contributed by atoms with Gasteiger partial charge >= 0.3 is 5.97 Å². The number of hydrogen-bond acceptors (Lipinski definition) is 13. The highest BCUT2D eigenvalue weighted by molar-refractivity contribution is 8.00. The number of carbonyl (C=O) groups excluding carboxylic acids is 2. The van der Waals surface area contributed by atoms with Crippen LogP contribution in [0.15, 0.2) is 21.5 Å². The van der Waals surface area contributed by atoms with Crippen LogP contribution in [0.4, 0.5) is 9.52 Å². The van der Waals surface area contributed by atoms with Crippen LogP contribution < -0.4 is 16.4 Å². The smallest absolute Gasteiger partial charge is 0.353 e. The van der Waals surface area contributed by atoms with Gasteiger partial charge in [0.15, 0.2) is 5.13 Å². The molecule has 1 aromatic rings. The lowest BCUT2D eigenvalue weighted by atomic mass is 10.0. The van der Waals surface area contributed by atoms with Gasteiger partial charge in [0.05, 0.1) is 6.21 Å². The SMILES string of the molecule is CN(N=CC1=C(C(=O)O)N2C(=O)C(NC(=O)C(=NOCF)c3nsc(N)n3)C2SC1)C(=N)N1CCNCC1. The molecule has 0 aliphatic carbocycles. The van der Waals surface area contributed by atoms with Crippen molar-refractivity contribution in [1.82, 2.24) is 34.8 Å². The summed E-state index contributed by atoms with van der Waals surface area (Å²) >= 11 is 2.00. The lowest BCUT2D eigenvalue weighted by Crippen LogP contribution is -2.71. The van der Waals surface area contributed by atoms with E-state index in [9.17, 15) is 23.9 Å². The zero-order valence-electron chi connectivity index (χ0n) is 20.0. The van der Waals surface area contributed by atoms with Gasteiger partial charge < -0.3 is 31.2 Å². The van der Waals surface area contributed by atoms with E-state index < -0.39 is 41.8 Å². The van der Waals surface area contributed by atoms with Crippen molar-refractivity contribution in [3.8, 4) is 0 Å². The zero-order chi connectivity index (χ0) is 27.4. The topological polar surface area (TPSA) is 215 Å². The van der Waals surface area contributed by atoms with E-state index in [-0.39, 0.29) is 33.9 Å². The maximum absolute atomic E-state index is 12.9. The van der Waals surface area contributed by atoms with Crippen molar-refractivity contribution in [3.05, 3.63) is 17.1 Å². The van der Waals surface area contributed by atoms with Crippen molar-refractivity contribution in [3.63, 3.8) is 0 Å². The van der Waals surface area contributed by atoms with Crippen molar-refractivity contribution in [2.45, 2.75) is 11.4 Å². The Hall–Kier alpha value is -3.84. The number of thioether (sulfide) groups is 1. The summed E-state index contributed by atoms with van der Waals surface area (Å²) in [7, 11) is 1.58. The van der Waals surface area contributed by atoms with Gasteiger partial charge in [-0.15, -0.1) is 11.8 Å². The molecular formula is C19H24FN11O5S2. The minimum Gasteiger partial charge on any atom is -0.477 e. The number of aliphatic carboxylic acids is 1. The highest BCUT2D eigenvalue weighted by atomic mass is 32.2. The second-order valence-electron chi connectivity index (χ2n) is 8.00. The fraction of sp³-hybridized carbons (Fsp3) is 0.474. The Morgan fingerprint density at radius 1 is 1.45 bits per heavy atom. The average Bonchev–Trinajstić information content (AvgIpc) is 3.35. The number of carboxylic acid groups (broad SMARTS) is 1. The molecule has 4 rings (SSSR count). The minimum absolute atomic E-state index is 0.0358. The van der Waals surface area contributed by atoms with Gasteiger partial charge in [-0.25, -0.2) is 14.2 Å². The van der Waals surface area contributed by atoms with E-state index >= 15 is 0 Å². The molecule has 2 unspecified atom stereocenters. The molecule has 2 atom stereocenters. The fourth-order valence-corrected chi connectivity index (χ4v) is 5.58. The van der Waals surface area contributed by atoms with Crippen LogP contribution in [0.1, 0.15) is 5.82 Å². The number of carbonyl (C=O) groups is 3. The highest BCUT2D eigenvalue weighted by Gasteiger charge is 2.54. The summed E-state index contributed by atoms with van der Waals surface area (Å²) in [6.07, 6.45) is 1.32. The highest BCUT2D eigenvalue weighted by Crippen LogP contribution is 2.40. The summed E-state index contributed by atoms with van der Waals surface area (Å²) in [6, 6.07) is -1.09. The number of guanidine groups is 1. The molecule has 38 heavy (non-hydrogen) atoms. The molecule has 0 saturated carbocycles. The van der Waals surface area contributed by atoms with Crippen molar-refractivity contribution in [1.29, 1.82) is 5.41 Å². The van der Waals surface area contributed by atoms with Crippen LogP contribution >= 0.6 is 23.3 Å². The molecule has 6 N–H and O–H groups in total. The van der Waals surface area contributed by atoms with Gasteiger partial charge in [0, 0.05) is 56.1 Å². The number of halogens is 1. The van der Waals surface area contributed by atoms with E-state index in [1.807, 2.05) is 4.90 Å². The van der Waals surface area contributed by atoms with Gasteiger partial charge in [-0.05, 0) is 0 Å². The molecule has 2 saturated heterocycles. The number of rotatable bonds is 8. The number of β-lactam (4-membered cyclic amide) rings is 1. The van der Waals surface area contributed by atoms with E-state index in [0.29, 0.717) is 13.1 Å². The molecule has 2 amide bonds. The average molecular weight is 570 g/mol. The normalized spacial score (nSPS) is 21.7. The van der Waals surface area contributed by atoms with Crippen LogP contribution in [0.25, 0.3) is 0 Å². The summed E-state index contributed by atoms with van der Waals surface area (Å²) in [5, 5.41) is 32.1. The summed E-state index contributed by atoms with van der Waals surface area (Å²) in [5.41, 5.74) is 5.06. The number of anilines is 1. The Morgan fingerprint density at radius 3 is 2.82 bits per heavy atom. The van der Waals surface area contributed by atoms with Crippen molar-refractivity contribution >= 4 is 64.1 Å². The molecule has 2 fully saturated rings. The molecule has 0 aromatic carbocycles. The first-order valence-corrected chi connectivity index (χ1v) is 12.9. The largest absolute Gasteiger partial charge is 0.477 e. The van der Waals surface area contributed by atoms with Gasteiger partial charge in [0.25, 0.3) is 18.7 Å². The molecule has 0 bridgehead atoms. The number of nitrogens with two attached hydrogens (primary N) is 1. The van der Waals surface area contributed by atoms with Gasteiger partial charge in [-0.1, -0.05) is 5.16 Å². The summed E-state index contributed by atoms with van der Waals surface area (Å²) < 4.78 is 16.3. The van der Waals surface area contributed by atoms with Crippen LogP contribution in [0, 0.1) is 5.41 Å². The monoisotopic (exact) mass is 569 g/mol. The fourth-order valence-electron chi connectivity index (χ4n) is 3.85. The first kappa shape index (κ1) is 27.2. The lowest BCUT2D eigenvalue weighted by Gasteiger charge is -2.49. The molecule has 4 heterocycles. The molecule has 1 aromatic heterocycles. The summed E-state index contributed by atoms with van der Waals surface area (Å²) in [6.45, 7) is 1.46. The molecule has 204 valence electrons. The lowest BCUT2D eigenvalue weighted by molar-refractivity contribution is -0.150. The number of hydrogen-bond donors (Lipinski definition) is 5. The number of aromatic nitrogens is 2. The van der Waals surface area contributed by atoms with Crippen molar-refractivity contribution in [2.24, 2.45) is 10.3 Å². The maximum Gasteiger partial charge on any atom is 0.353 e. The summed E-state index contributed by atoms with van der Waals surface area (Å²) in [5.74, 6) is -2.80. The Labute approximate surface area is 223 Å². The predicted octanol–water partition coefficient (Wildman–Crippen LogP) is -1.74. The van der Waals surface area contributed by atoms with E-state index in [1.54, 1.807) is 7.05 Å². The number of carboxylic acids is 1. The Kier molecular flexibility index (Phi) is 8.37. The van der Waals surface area contributed by atoms with Crippen LogP contribution in [-0.4, -0.2) is 122 Å². The third-order valence-electron chi connectivity index (χ3n) is 5.67. The standard InChI is InChI=1S/C19H24FN11O5S2/c1-29(19(22)30-4-2-23-3-5-30)24-6-9-7-37-16-11(15(33)31(16)12(9)17(34)35)25-14(32)10(27-36-8-20)13-26-18(21)38-28-13/h6,11,16,22-23H,2-5,7-8H2,1H3,(H,25,32)(H,34,35)(H2,21,26,28). The van der Waals surface area contributed by atoms with E-state index in [1.165, 1.54) is 23.0 Å². The number of alkyl halides is 1. The van der Waals surface area contributed by atoms with Crippen LogP contribution in [-0.2, 0) is 19.2 Å². The van der Waals surface area contributed by atoms with Crippen LogP contribution in [0.2, 0.25) is 0 Å². The number of nitrogen functional groups attached to an aromatic ring is 1. The van der Waals surface area contributed by atoms with Gasteiger partial charge in [-0.2, -0.15) is 14.5 Å². The van der Waals surface area contributed by atoms with E-state index in [4.69, 9.17) is 11.1 Å². The van der Waals surface area contributed by atoms with E-state index in [0.717, 1.165) is 29.5 Å². The number of fused-ring (bicyclic) bond motifs is 1. The number of hydrazone groups is 1. The number of amides is 2. The molecule has 0 radical (unpaired) electrons. The van der Waals surface area contributed by atoms with Gasteiger partial charge in [0.2, 0.25) is 17.5 Å². The predicted molar refractivity (Wildman–Crippen MR) is 136 cm³/mol. The molecule has 16 nitrogen and oxygen atoms in total. The van der Waals surface area contributed by atoms with Crippen LogP contribution in [0.5, 0.6) is 0 Å². The maximum atomic E-state index is 12.9. The third-order valence-corrected chi connectivity index (χ3v) is 7.51. The second-order valence-corrected chi connectivity index (χ2v) is 9.89. The van der Waals surface area contributed by atoms with Gasteiger partial charge in [0.1, 0.15) is 17.1 Å². The zero-order valence-corrected chi connectivity index (χ0v) is 21.6. The van der Waals surface area contributed by atoms with Crippen LogP contribution in [0.3, 0.4) is 0 Å². The Bertz CT molecular complexity index is 1220. The molecule has 3 aliphatic heterocycles. The number of nitrogens with one attached hydrogen (secondary N) is 3. The van der Waals surface area contributed by atoms with Crippen molar-refractivity contribution < 1.29 is 28.7 Å². The first-order valence-electron chi connectivity index (χ1n) is 11.1.